The van der Waals surface area contributed by atoms with Crippen LogP contribution in [0, 0.1) is 0 Å². The average molecular weight is 260 g/mol. The van der Waals surface area contributed by atoms with E-state index in [0.29, 0.717) is 15.7 Å². The maximum Gasteiger partial charge on any atom is 0.224 e. The number of Topliss-reactive ketones (excluding diaryl/α,β-unsaturated/α-hetero) is 1. The van der Waals surface area contributed by atoms with Crippen molar-refractivity contribution in [1.82, 2.24) is 0 Å². The third kappa shape index (κ3) is 4.21. The van der Waals surface area contributed by atoms with Crippen LogP contribution in [0.2, 0.25) is 10.0 Å². The Bertz CT molecular complexity index is 418. The van der Waals surface area contributed by atoms with Crippen LogP contribution in [0.15, 0.2) is 18.2 Å². The van der Waals surface area contributed by atoms with E-state index in [-0.39, 0.29) is 24.5 Å². The SMILES string of the molecule is CC(=O)CCC(=O)Nc1ccc(Cl)c(Cl)c1. The maximum absolute atomic E-state index is 11.4. The molecule has 0 aromatic heterocycles. The highest BCUT2D eigenvalue weighted by atomic mass is 35.5. The molecule has 0 radical (unpaired) electrons. The quantitative estimate of drug-likeness (QED) is 0.902. The van der Waals surface area contributed by atoms with Gasteiger partial charge in [0.05, 0.1) is 10.0 Å². The zero-order valence-corrected chi connectivity index (χ0v) is 10.2. The number of rotatable bonds is 4. The number of hydrogen-bond acceptors (Lipinski definition) is 2. The van der Waals surface area contributed by atoms with Gasteiger partial charge in [-0.1, -0.05) is 23.2 Å². The molecule has 0 aliphatic rings. The molecule has 16 heavy (non-hydrogen) atoms. The Morgan fingerprint density at radius 2 is 1.88 bits per heavy atom. The van der Waals surface area contributed by atoms with E-state index in [4.69, 9.17) is 23.2 Å². The highest BCUT2D eigenvalue weighted by molar-refractivity contribution is 6.42. The topological polar surface area (TPSA) is 46.2 Å². The van der Waals surface area contributed by atoms with E-state index < -0.39 is 0 Å². The minimum atomic E-state index is -0.214. The second kappa shape index (κ2) is 5.87. The van der Waals surface area contributed by atoms with Crippen molar-refractivity contribution in [1.29, 1.82) is 0 Å². The van der Waals surface area contributed by atoms with Gasteiger partial charge in [0, 0.05) is 18.5 Å². The average Bonchev–Trinajstić information content (AvgIpc) is 2.21. The lowest BCUT2D eigenvalue weighted by Crippen LogP contribution is -2.12. The van der Waals surface area contributed by atoms with Crippen molar-refractivity contribution < 1.29 is 9.59 Å². The van der Waals surface area contributed by atoms with Crippen molar-refractivity contribution in [3.8, 4) is 0 Å². The van der Waals surface area contributed by atoms with Crippen molar-refractivity contribution in [2.45, 2.75) is 19.8 Å². The molecule has 0 bridgehead atoms. The molecule has 3 nitrogen and oxygen atoms in total. The summed E-state index contributed by atoms with van der Waals surface area (Å²) in [6, 6.07) is 4.82. The lowest BCUT2D eigenvalue weighted by molar-refractivity contribution is -0.121. The van der Waals surface area contributed by atoms with Crippen LogP contribution in [0.25, 0.3) is 0 Å². The molecular formula is C11H11Cl2NO2. The summed E-state index contributed by atoms with van der Waals surface area (Å²) in [5.74, 6) is -0.224. The summed E-state index contributed by atoms with van der Waals surface area (Å²) < 4.78 is 0. The van der Waals surface area contributed by atoms with Crippen LogP contribution in [-0.2, 0) is 9.59 Å². The van der Waals surface area contributed by atoms with E-state index in [0.717, 1.165) is 0 Å². The monoisotopic (exact) mass is 259 g/mol. The Morgan fingerprint density at radius 3 is 2.44 bits per heavy atom. The number of ketones is 1. The van der Waals surface area contributed by atoms with Crippen LogP contribution in [-0.4, -0.2) is 11.7 Å². The number of halogens is 2. The van der Waals surface area contributed by atoms with Crippen molar-refractivity contribution in [3.63, 3.8) is 0 Å². The van der Waals surface area contributed by atoms with Crippen molar-refractivity contribution in [2.24, 2.45) is 0 Å². The second-order valence-electron chi connectivity index (χ2n) is 3.38. The lowest BCUT2D eigenvalue weighted by atomic mass is 10.2. The molecule has 0 unspecified atom stereocenters. The molecule has 86 valence electrons. The number of hydrogen-bond donors (Lipinski definition) is 1. The van der Waals surface area contributed by atoms with Crippen LogP contribution in [0.4, 0.5) is 5.69 Å². The van der Waals surface area contributed by atoms with Gasteiger partial charge < -0.3 is 10.1 Å². The second-order valence-corrected chi connectivity index (χ2v) is 4.19. The summed E-state index contributed by atoms with van der Waals surface area (Å²) >= 11 is 11.5. The standard InChI is InChI=1S/C11H11Cl2NO2/c1-7(15)2-5-11(16)14-8-3-4-9(12)10(13)6-8/h3-4,6H,2,5H2,1H3,(H,14,16). The first kappa shape index (κ1) is 13.0. The van der Waals surface area contributed by atoms with E-state index in [1.54, 1.807) is 18.2 Å². The largest absolute Gasteiger partial charge is 0.326 e. The predicted octanol–water partition coefficient (Wildman–Crippen LogP) is 3.30. The van der Waals surface area contributed by atoms with Gasteiger partial charge in [-0.15, -0.1) is 0 Å². The summed E-state index contributed by atoms with van der Waals surface area (Å²) in [4.78, 5) is 22.1. The van der Waals surface area contributed by atoms with E-state index in [1.807, 2.05) is 0 Å². The fourth-order valence-electron chi connectivity index (χ4n) is 1.09. The zero-order chi connectivity index (χ0) is 12.1. The number of carbonyl (C=O) groups is 2. The van der Waals surface area contributed by atoms with E-state index in [9.17, 15) is 9.59 Å². The van der Waals surface area contributed by atoms with E-state index in [2.05, 4.69) is 5.32 Å². The smallest absolute Gasteiger partial charge is 0.224 e. The number of nitrogens with one attached hydrogen (secondary N) is 1. The molecule has 0 fully saturated rings. The highest BCUT2D eigenvalue weighted by Gasteiger charge is 2.05. The third-order valence-corrected chi connectivity index (χ3v) is 2.65. The van der Waals surface area contributed by atoms with Crippen LogP contribution in [0.1, 0.15) is 19.8 Å². The Balaban J connectivity index is 2.56. The zero-order valence-electron chi connectivity index (χ0n) is 8.72. The predicted molar refractivity (Wildman–Crippen MR) is 65.0 cm³/mol. The van der Waals surface area contributed by atoms with Crippen molar-refractivity contribution >= 4 is 40.6 Å². The first-order valence-electron chi connectivity index (χ1n) is 4.73. The number of anilines is 1. The van der Waals surface area contributed by atoms with Gasteiger partial charge in [0.2, 0.25) is 5.91 Å². The molecule has 1 N–H and O–H groups in total. The molecule has 1 rings (SSSR count). The van der Waals surface area contributed by atoms with Crippen molar-refractivity contribution in [3.05, 3.63) is 28.2 Å². The van der Waals surface area contributed by atoms with Crippen LogP contribution in [0.5, 0.6) is 0 Å². The molecule has 0 atom stereocenters. The number of benzene rings is 1. The van der Waals surface area contributed by atoms with Gasteiger partial charge in [0.15, 0.2) is 0 Å². The van der Waals surface area contributed by atoms with Crippen LogP contribution in [0.3, 0.4) is 0 Å². The molecule has 1 aromatic carbocycles. The normalized spacial score (nSPS) is 9.94. The van der Waals surface area contributed by atoms with Gasteiger partial charge in [-0.2, -0.15) is 0 Å². The molecule has 0 heterocycles. The summed E-state index contributed by atoms with van der Waals surface area (Å²) in [5.41, 5.74) is 0.572. The van der Waals surface area contributed by atoms with Crippen LogP contribution >= 0.6 is 23.2 Å². The third-order valence-electron chi connectivity index (χ3n) is 1.91. The van der Waals surface area contributed by atoms with E-state index >= 15 is 0 Å². The highest BCUT2D eigenvalue weighted by Crippen LogP contribution is 2.25. The molecule has 0 saturated carbocycles. The fraction of sp³-hybridized carbons (Fsp3) is 0.273. The minimum absolute atomic E-state index is 0.00992. The van der Waals surface area contributed by atoms with Gasteiger partial charge in [-0.25, -0.2) is 0 Å². The maximum atomic E-state index is 11.4. The van der Waals surface area contributed by atoms with Gasteiger partial charge in [0.1, 0.15) is 5.78 Å². The molecule has 0 aliphatic heterocycles. The Kier molecular flexibility index (Phi) is 4.77. The van der Waals surface area contributed by atoms with E-state index in [1.165, 1.54) is 6.92 Å². The van der Waals surface area contributed by atoms with Gasteiger partial charge in [-0.05, 0) is 25.1 Å². The molecule has 1 amide bonds. The number of carbonyl (C=O) groups excluding carboxylic acids is 2. The van der Waals surface area contributed by atoms with Crippen LogP contribution < -0.4 is 5.32 Å². The van der Waals surface area contributed by atoms with Crippen molar-refractivity contribution in [2.75, 3.05) is 5.32 Å². The first-order valence-corrected chi connectivity index (χ1v) is 5.49. The fourth-order valence-corrected chi connectivity index (χ4v) is 1.39. The molecule has 0 aliphatic carbocycles. The minimum Gasteiger partial charge on any atom is -0.326 e. The number of amides is 1. The summed E-state index contributed by atoms with van der Waals surface area (Å²) in [7, 11) is 0. The summed E-state index contributed by atoms with van der Waals surface area (Å²) in [6.45, 7) is 1.45. The first-order chi connectivity index (χ1) is 7.49. The molecule has 0 saturated heterocycles. The van der Waals surface area contributed by atoms with Gasteiger partial charge >= 0.3 is 0 Å². The molecular weight excluding hydrogens is 249 g/mol. The lowest BCUT2D eigenvalue weighted by Gasteiger charge is -2.05. The Hall–Kier alpha value is -1.06. The molecule has 1 aromatic rings. The Morgan fingerprint density at radius 1 is 1.19 bits per heavy atom. The van der Waals surface area contributed by atoms with Gasteiger partial charge in [0.25, 0.3) is 0 Å². The van der Waals surface area contributed by atoms with Gasteiger partial charge in [-0.3, -0.25) is 4.79 Å². The summed E-state index contributed by atoms with van der Waals surface area (Å²) in [6.07, 6.45) is 0.419. The Labute approximate surface area is 104 Å². The summed E-state index contributed by atoms with van der Waals surface area (Å²) in [5, 5.41) is 3.45. The molecule has 5 heteroatoms. The molecule has 0 spiro atoms.